The summed E-state index contributed by atoms with van der Waals surface area (Å²) >= 11 is 0. The Hall–Kier alpha value is -2.17. The van der Waals surface area contributed by atoms with Gasteiger partial charge in [-0.25, -0.2) is 0 Å². The number of aromatic nitrogens is 2. The molecule has 0 saturated carbocycles. The predicted molar refractivity (Wildman–Crippen MR) is 67.6 cm³/mol. The van der Waals surface area contributed by atoms with Crippen molar-refractivity contribution in [3.63, 3.8) is 0 Å². The van der Waals surface area contributed by atoms with Crippen LogP contribution < -0.4 is 5.32 Å². The Morgan fingerprint density at radius 3 is 2.44 bits per heavy atom. The van der Waals surface area contributed by atoms with Crippen molar-refractivity contribution in [2.45, 2.75) is 27.7 Å². The third kappa shape index (κ3) is 2.40. The molecule has 2 aromatic rings. The molecule has 0 saturated heterocycles. The normalized spacial score (nSPS) is 10.4. The van der Waals surface area contributed by atoms with Crippen LogP contribution in [0.3, 0.4) is 0 Å². The third-order valence-corrected chi connectivity index (χ3v) is 2.62. The molecule has 94 valence electrons. The van der Waals surface area contributed by atoms with E-state index >= 15 is 0 Å². The Bertz CT molecular complexity index is 579. The number of pyridine rings is 1. The van der Waals surface area contributed by atoms with E-state index in [2.05, 4.69) is 15.5 Å². The first-order valence-electron chi connectivity index (χ1n) is 5.67. The molecule has 1 amide bonds. The van der Waals surface area contributed by atoms with Crippen molar-refractivity contribution < 1.29 is 9.32 Å². The highest BCUT2D eigenvalue weighted by atomic mass is 16.5. The minimum Gasteiger partial charge on any atom is -0.351 e. The number of rotatable bonds is 2. The number of hydrogen-bond acceptors (Lipinski definition) is 4. The zero-order valence-corrected chi connectivity index (χ0v) is 10.9. The summed E-state index contributed by atoms with van der Waals surface area (Å²) in [5.74, 6) is -0.112. The van der Waals surface area contributed by atoms with Crippen LogP contribution in [0.1, 0.15) is 33.2 Å². The second-order valence-electron chi connectivity index (χ2n) is 4.33. The number of hydrogen-bond donors (Lipinski definition) is 1. The average Bonchev–Trinajstić information content (AvgIpc) is 2.70. The van der Waals surface area contributed by atoms with E-state index in [9.17, 15) is 4.79 Å². The van der Waals surface area contributed by atoms with Gasteiger partial charge in [0.25, 0.3) is 5.91 Å². The van der Waals surface area contributed by atoms with Crippen molar-refractivity contribution in [3.05, 3.63) is 40.5 Å². The second kappa shape index (κ2) is 4.60. The van der Waals surface area contributed by atoms with E-state index in [0.717, 1.165) is 22.6 Å². The van der Waals surface area contributed by atoms with Gasteiger partial charge in [0.2, 0.25) is 5.76 Å². The molecule has 2 heterocycles. The summed E-state index contributed by atoms with van der Waals surface area (Å²) < 4.78 is 4.92. The molecular weight excluding hydrogens is 230 g/mol. The summed E-state index contributed by atoms with van der Waals surface area (Å²) in [5, 5.41) is 6.49. The lowest BCUT2D eigenvalue weighted by atomic mass is 10.1. The maximum absolute atomic E-state index is 11.9. The summed E-state index contributed by atoms with van der Waals surface area (Å²) in [5.41, 5.74) is 4.09. The van der Waals surface area contributed by atoms with Gasteiger partial charge in [-0.15, -0.1) is 0 Å². The largest absolute Gasteiger partial charge is 0.351 e. The molecule has 2 rings (SSSR count). The van der Waals surface area contributed by atoms with E-state index in [0.29, 0.717) is 5.69 Å². The summed E-state index contributed by atoms with van der Waals surface area (Å²) in [6.45, 7) is 7.49. The van der Waals surface area contributed by atoms with Crippen LogP contribution in [-0.4, -0.2) is 16.0 Å². The van der Waals surface area contributed by atoms with Crippen molar-refractivity contribution in [2.75, 3.05) is 5.32 Å². The fourth-order valence-corrected chi connectivity index (χ4v) is 1.86. The van der Waals surface area contributed by atoms with Gasteiger partial charge in [0.15, 0.2) is 0 Å². The molecule has 0 aliphatic rings. The monoisotopic (exact) mass is 245 g/mol. The van der Waals surface area contributed by atoms with Gasteiger partial charge in [-0.1, -0.05) is 5.16 Å². The lowest BCUT2D eigenvalue weighted by molar-refractivity contribution is 0.0987. The number of carbonyl (C=O) groups is 1. The highest BCUT2D eigenvalue weighted by molar-refractivity contribution is 6.02. The Labute approximate surface area is 105 Å². The number of nitrogens with one attached hydrogen (secondary N) is 1. The molecule has 5 nitrogen and oxygen atoms in total. The van der Waals surface area contributed by atoms with Crippen LogP contribution in [0.5, 0.6) is 0 Å². The maximum atomic E-state index is 11.9. The van der Waals surface area contributed by atoms with Gasteiger partial charge in [-0.3, -0.25) is 9.78 Å². The smallest absolute Gasteiger partial charge is 0.294 e. The molecule has 1 N–H and O–H groups in total. The zero-order valence-electron chi connectivity index (χ0n) is 10.9. The van der Waals surface area contributed by atoms with Gasteiger partial charge in [0.05, 0.1) is 17.1 Å². The second-order valence-corrected chi connectivity index (χ2v) is 4.33. The minimum absolute atomic E-state index is 0.201. The molecule has 0 fully saturated rings. The van der Waals surface area contributed by atoms with E-state index in [-0.39, 0.29) is 11.7 Å². The number of amides is 1. The van der Waals surface area contributed by atoms with Crippen LogP contribution in [0.15, 0.2) is 16.7 Å². The van der Waals surface area contributed by atoms with Gasteiger partial charge in [0, 0.05) is 11.8 Å². The van der Waals surface area contributed by atoms with Crippen LogP contribution >= 0.6 is 0 Å². The quantitative estimate of drug-likeness (QED) is 0.882. The maximum Gasteiger partial charge on any atom is 0.294 e. The first-order valence-corrected chi connectivity index (χ1v) is 5.67. The van der Waals surface area contributed by atoms with Crippen molar-refractivity contribution in [2.24, 2.45) is 0 Å². The van der Waals surface area contributed by atoms with Gasteiger partial charge in [0.1, 0.15) is 0 Å². The molecule has 0 aliphatic heterocycles. The topological polar surface area (TPSA) is 68.0 Å². The van der Waals surface area contributed by atoms with E-state index < -0.39 is 0 Å². The van der Waals surface area contributed by atoms with Crippen molar-refractivity contribution in [3.8, 4) is 0 Å². The van der Waals surface area contributed by atoms with E-state index in [4.69, 9.17) is 4.52 Å². The Kier molecular flexibility index (Phi) is 3.14. The third-order valence-electron chi connectivity index (χ3n) is 2.62. The summed E-state index contributed by atoms with van der Waals surface area (Å²) in [6, 6.07) is 3.52. The molecule has 5 heteroatoms. The lowest BCUT2D eigenvalue weighted by Gasteiger charge is -2.10. The van der Waals surface area contributed by atoms with Gasteiger partial charge in [-0.2, -0.15) is 0 Å². The first-order chi connectivity index (χ1) is 8.47. The fraction of sp³-hybridized carbons (Fsp3) is 0.308. The van der Waals surface area contributed by atoms with Gasteiger partial charge >= 0.3 is 0 Å². The Morgan fingerprint density at radius 2 is 1.89 bits per heavy atom. The summed E-state index contributed by atoms with van der Waals surface area (Å²) in [7, 11) is 0. The summed E-state index contributed by atoms with van der Waals surface area (Å²) in [6.07, 6.45) is 0. The van der Waals surface area contributed by atoms with Crippen LogP contribution in [0, 0.1) is 27.7 Å². The molecule has 0 radical (unpaired) electrons. The van der Waals surface area contributed by atoms with Crippen LogP contribution in [-0.2, 0) is 0 Å². The van der Waals surface area contributed by atoms with Gasteiger partial charge in [-0.05, 0) is 39.3 Å². The molecular formula is C13H15N3O2. The number of nitrogens with zero attached hydrogens (tertiary/aromatic N) is 2. The zero-order chi connectivity index (χ0) is 13.3. The van der Waals surface area contributed by atoms with Crippen molar-refractivity contribution in [1.82, 2.24) is 10.1 Å². The molecule has 0 bridgehead atoms. The van der Waals surface area contributed by atoms with E-state index in [1.807, 2.05) is 26.8 Å². The molecule has 0 unspecified atom stereocenters. The van der Waals surface area contributed by atoms with E-state index in [1.165, 1.54) is 0 Å². The van der Waals surface area contributed by atoms with Crippen LogP contribution in [0.25, 0.3) is 0 Å². The molecule has 0 aromatic carbocycles. The summed E-state index contributed by atoms with van der Waals surface area (Å²) in [4.78, 5) is 16.3. The minimum atomic E-state index is -0.313. The lowest BCUT2D eigenvalue weighted by Crippen LogP contribution is -2.13. The fourth-order valence-electron chi connectivity index (χ4n) is 1.86. The average molecular weight is 245 g/mol. The molecule has 0 atom stereocenters. The number of carbonyl (C=O) groups excluding carboxylic acids is 1. The molecule has 0 spiro atoms. The highest BCUT2D eigenvalue weighted by Crippen LogP contribution is 2.20. The first kappa shape index (κ1) is 12.3. The predicted octanol–water partition coefficient (Wildman–Crippen LogP) is 2.56. The Balaban J connectivity index is 2.27. The number of aryl methyl sites for hydroxylation is 4. The SMILES string of the molecule is Cc1cc(C(=O)Nc2c(C)cc(C)nc2C)on1. The molecule has 2 aromatic heterocycles. The van der Waals surface area contributed by atoms with E-state index in [1.54, 1.807) is 13.0 Å². The van der Waals surface area contributed by atoms with Crippen LogP contribution in [0.2, 0.25) is 0 Å². The van der Waals surface area contributed by atoms with Gasteiger partial charge < -0.3 is 9.84 Å². The van der Waals surface area contributed by atoms with Crippen molar-refractivity contribution in [1.29, 1.82) is 0 Å². The standard InChI is InChI=1S/C13H15N3O2/c1-7-5-8(2)14-10(4)12(7)15-13(17)11-6-9(3)16-18-11/h5-6H,1-4H3,(H,15,17). The number of anilines is 1. The van der Waals surface area contributed by atoms with Crippen molar-refractivity contribution >= 4 is 11.6 Å². The molecule has 0 aliphatic carbocycles. The van der Waals surface area contributed by atoms with Crippen LogP contribution in [0.4, 0.5) is 5.69 Å². The highest BCUT2D eigenvalue weighted by Gasteiger charge is 2.14. The Morgan fingerprint density at radius 1 is 1.17 bits per heavy atom. The molecule has 18 heavy (non-hydrogen) atoms.